The standard InChI is InChI=1S/C13H9F3N4O/c1-7-6-10(19-18-7)12-17-11(20-21-12)8-2-4-9(5-3-8)13(14,15)16/h2-6H,1H3,(H,18,19). The molecule has 1 aromatic carbocycles. The Morgan fingerprint density at radius 2 is 1.86 bits per heavy atom. The smallest absolute Gasteiger partial charge is 0.332 e. The largest absolute Gasteiger partial charge is 0.416 e. The van der Waals surface area contributed by atoms with Crippen molar-refractivity contribution in [3.05, 3.63) is 41.6 Å². The van der Waals surface area contributed by atoms with Crippen LogP contribution in [0.4, 0.5) is 13.2 Å². The summed E-state index contributed by atoms with van der Waals surface area (Å²) in [6.07, 6.45) is -4.37. The van der Waals surface area contributed by atoms with Crippen LogP contribution in [0.3, 0.4) is 0 Å². The van der Waals surface area contributed by atoms with Crippen LogP contribution >= 0.6 is 0 Å². The topological polar surface area (TPSA) is 67.6 Å². The first kappa shape index (κ1) is 13.3. The summed E-state index contributed by atoms with van der Waals surface area (Å²) in [5.74, 6) is 0.411. The lowest BCUT2D eigenvalue weighted by molar-refractivity contribution is -0.137. The van der Waals surface area contributed by atoms with Gasteiger partial charge in [-0.05, 0) is 25.1 Å². The molecular weight excluding hydrogens is 285 g/mol. The predicted octanol–water partition coefficient (Wildman–Crippen LogP) is 3.45. The van der Waals surface area contributed by atoms with Crippen LogP contribution in [0, 0.1) is 6.92 Å². The molecular formula is C13H9F3N4O. The number of H-pyrrole nitrogens is 1. The van der Waals surface area contributed by atoms with Crippen molar-refractivity contribution in [2.45, 2.75) is 13.1 Å². The molecule has 0 aliphatic rings. The molecule has 0 radical (unpaired) electrons. The lowest BCUT2D eigenvalue weighted by Gasteiger charge is -2.05. The fourth-order valence-corrected chi connectivity index (χ4v) is 1.78. The molecule has 0 saturated heterocycles. The van der Waals surface area contributed by atoms with Crippen molar-refractivity contribution >= 4 is 0 Å². The van der Waals surface area contributed by atoms with Crippen molar-refractivity contribution in [2.75, 3.05) is 0 Å². The van der Waals surface area contributed by atoms with Crippen LogP contribution in [0.2, 0.25) is 0 Å². The number of alkyl halides is 3. The monoisotopic (exact) mass is 294 g/mol. The molecule has 0 atom stereocenters. The van der Waals surface area contributed by atoms with Gasteiger partial charge in [-0.3, -0.25) is 5.10 Å². The van der Waals surface area contributed by atoms with Gasteiger partial charge in [0, 0.05) is 11.3 Å². The van der Waals surface area contributed by atoms with Crippen LogP contribution in [0.25, 0.3) is 23.0 Å². The number of aryl methyl sites for hydroxylation is 1. The quantitative estimate of drug-likeness (QED) is 0.786. The summed E-state index contributed by atoms with van der Waals surface area (Å²) in [7, 11) is 0. The predicted molar refractivity (Wildman–Crippen MR) is 67.1 cm³/mol. The van der Waals surface area contributed by atoms with Crippen molar-refractivity contribution in [3.8, 4) is 23.0 Å². The Labute approximate surface area is 116 Å². The van der Waals surface area contributed by atoms with Gasteiger partial charge in [0.1, 0.15) is 0 Å². The molecule has 108 valence electrons. The van der Waals surface area contributed by atoms with E-state index in [0.717, 1.165) is 17.8 Å². The molecule has 0 aliphatic heterocycles. The Morgan fingerprint density at radius 1 is 1.14 bits per heavy atom. The third-order valence-corrected chi connectivity index (χ3v) is 2.82. The number of aromatic amines is 1. The normalized spacial score (nSPS) is 11.8. The highest BCUT2D eigenvalue weighted by Gasteiger charge is 2.30. The van der Waals surface area contributed by atoms with Gasteiger partial charge in [-0.1, -0.05) is 17.3 Å². The average Bonchev–Trinajstić information content (AvgIpc) is 3.06. The third kappa shape index (κ3) is 2.64. The number of hydrogen-bond acceptors (Lipinski definition) is 4. The van der Waals surface area contributed by atoms with E-state index >= 15 is 0 Å². The van der Waals surface area contributed by atoms with E-state index in [9.17, 15) is 13.2 Å². The summed E-state index contributed by atoms with van der Waals surface area (Å²) < 4.78 is 42.5. The number of aromatic nitrogens is 4. The molecule has 2 aromatic heterocycles. The Morgan fingerprint density at radius 3 is 2.43 bits per heavy atom. The molecule has 0 spiro atoms. The molecule has 3 rings (SSSR count). The molecule has 1 N–H and O–H groups in total. The van der Waals surface area contributed by atoms with Crippen LogP contribution < -0.4 is 0 Å². The fraction of sp³-hybridized carbons (Fsp3) is 0.154. The maximum Gasteiger partial charge on any atom is 0.416 e. The number of nitrogens with zero attached hydrogens (tertiary/aromatic N) is 3. The lowest BCUT2D eigenvalue weighted by atomic mass is 10.1. The summed E-state index contributed by atoms with van der Waals surface area (Å²) in [6.45, 7) is 1.82. The minimum atomic E-state index is -4.37. The first-order valence-electron chi connectivity index (χ1n) is 5.97. The average molecular weight is 294 g/mol. The van der Waals surface area contributed by atoms with Gasteiger partial charge >= 0.3 is 6.18 Å². The molecule has 3 aromatic rings. The van der Waals surface area contributed by atoms with Crippen LogP contribution in [0.5, 0.6) is 0 Å². The number of hydrogen-bond donors (Lipinski definition) is 1. The minimum absolute atomic E-state index is 0.203. The molecule has 0 fully saturated rings. The Hall–Kier alpha value is -2.64. The van der Waals surface area contributed by atoms with E-state index < -0.39 is 11.7 Å². The highest BCUT2D eigenvalue weighted by atomic mass is 19.4. The van der Waals surface area contributed by atoms with Gasteiger partial charge in [0.15, 0.2) is 5.69 Å². The van der Waals surface area contributed by atoms with Crippen molar-refractivity contribution in [3.63, 3.8) is 0 Å². The van der Waals surface area contributed by atoms with E-state index in [0.29, 0.717) is 11.3 Å². The highest BCUT2D eigenvalue weighted by Crippen LogP contribution is 2.30. The summed E-state index contributed by atoms with van der Waals surface area (Å²) in [5, 5.41) is 10.4. The molecule has 0 saturated carbocycles. The van der Waals surface area contributed by atoms with Gasteiger partial charge in [-0.15, -0.1) is 0 Å². The SMILES string of the molecule is Cc1cc(-c2nc(-c3ccc(C(F)(F)F)cc3)no2)n[nH]1. The van der Waals surface area contributed by atoms with Crippen LogP contribution in [0.1, 0.15) is 11.3 Å². The summed E-state index contributed by atoms with van der Waals surface area (Å²) in [6, 6.07) is 6.28. The Bertz CT molecular complexity index is 758. The maximum atomic E-state index is 12.5. The summed E-state index contributed by atoms with van der Waals surface area (Å²) in [5.41, 5.74) is 1.03. The summed E-state index contributed by atoms with van der Waals surface area (Å²) >= 11 is 0. The molecule has 0 amide bonds. The van der Waals surface area contributed by atoms with Gasteiger partial charge in [0.2, 0.25) is 5.82 Å². The zero-order valence-corrected chi connectivity index (χ0v) is 10.8. The van der Waals surface area contributed by atoms with E-state index in [2.05, 4.69) is 20.3 Å². The first-order chi connectivity index (χ1) is 9.93. The van der Waals surface area contributed by atoms with E-state index in [1.54, 1.807) is 6.07 Å². The van der Waals surface area contributed by atoms with E-state index in [4.69, 9.17) is 4.52 Å². The zero-order valence-electron chi connectivity index (χ0n) is 10.8. The van der Waals surface area contributed by atoms with Gasteiger partial charge in [0.05, 0.1) is 5.56 Å². The number of benzene rings is 1. The maximum absolute atomic E-state index is 12.5. The van der Waals surface area contributed by atoms with Crippen molar-refractivity contribution in [2.24, 2.45) is 0 Å². The van der Waals surface area contributed by atoms with Crippen molar-refractivity contribution < 1.29 is 17.7 Å². The lowest BCUT2D eigenvalue weighted by Crippen LogP contribution is -2.04. The number of halogens is 3. The second kappa shape index (κ2) is 4.72. The Kier molecular flexibility index (Phi) is 3.00. The van der Waals surface area contributed by atoms with Gasteiger partial charge < -0.3 is 4.52 Å². The highest BCUT2D eigenvalue weighted by molar-refractivity contribution is 5.58. The van der Waals surface area contributed by atoms with Crippen LogP contribution in [-0.2, 0) is 6.18 Å². The van der Waals surface area contributed by atoms with Crippen molar-refractivity contribution in [1.29, 1.82) is 0 Å². The second-order valence-electron chi connectivity index (χ2n) is 4.43. The first-order valence-corrected chi connectivity index (χ1v) is 5.97. The van der Waals surface area contributed by atoms with E-state index in [1.165, 1.54) is 12.1 Å². The summed E-state index contributed by atoms with van der Waals surface area (Å²) in [4.78, 5) is 4.11. The molecule has 0 unspecified atom stereocenters. The van der Waals surface area contributed by atoms with Crippen LogP contribution in [-0.4, -0.2) is 20.3 Å². The second-order valence-corrected chi connectivity index (χ2v) is 4.43. The molecule has 8 heteroatoms. The minimum Gasteiger partial charge on any atom is -0.332 e. The van der Waals surface area contributed by atoms with Gasteiger partial charge in [-0.2, -0.15) is 23.3 Å². The van der Waals surface area contributed by atoms with Crippen LogP contribution in [0.15, 0.2) is 34.9 Å². The number of nitrogens with one attached hydrogen (secondary N) is 1. The molecule has 5 nitrogen and oxygen atoms in total. The van der Waals surface area contributed by atoms with Gasteiger partial charge in [0.25, 0.3) is 5.89 Å². The molecule has 0 bridgehead atoms. The Balaban J connectivity index is 1.90. The van der Waals surface area contributed by atoms with E-state index in [1.807, 2.05) is 6.92 Å². The molecule has 0 aliphatic carbocycles. The molecule has 2 heterocycles. The molecule has 21 heavy (non-hydrogen) atoms. The van der Waals surface area contributed by atoms with Crippen molar-refractivity contribution in [1.82, 2.24) is 20.3 Å². The third-order valence-electron chi connectivity index (χ3n) is 2.82. The van der Waals surface area contributed by atoms with Gasteiger partial charge in [-0.25, -0.2) is 0 Å². The van der Waals surface area contributed by atoms with E-state index in [-0.39, 0.29) is 11.7 Å². The number of rotatable bonds is 2. The zero-order chi connectivity index (χ0) is 15.0. The fourth-order valence-electron chi connectivity index (χ4n) is 1.78.